The van der Waals surface area contributed by atoms with E-state index in [1.54, 1.807) is 0 Å². The molecule has 1 aliphatic heterocycles. The number of rotatable bonds is 6. The third kappa shape index (κ3) is 6.84. The van der Waals surface area contributed by atoms with E-state index in [0.717, 1.165) is 36.9 Å². The van der Waals surface area contributed by atoms with Crippen molar-refractivity contribution in [2.75, 3.05) is 26.2 Å². The molecule has 32 heavy (non-hydrogen) atoms. The van der Waals surface area contributed by atoms with E-state index in [4.69, 9.17) is 14.5 Å². The van der Waals surface area contributed by atoms with Gasteiger partial charge in [-0.15, -0.1) is 24.0 Å². The number of halogens is 1. The molecule has 2 aliphatic rings. The van der Waals surface area contributed by atoms with Gasteiger partial charge in [0.25, 0.3) is 0 Å². The molecular weight excluding hydrogens is 517 g/mol. The lowest BCUT2D eigenvalue weighted by Crippen LogP contribution is -2.48. The Labute approximate surface area is 208 Å². The normalized spacial score (nSPS) is 20.0. The molecule has 2 fully saturated rings. The summed E-state index contributed by atoms with van der Waals surface area (Å²) in [5, 5.41) is 7.72. The molecule has 7 nitrogen and oxygen atoms in total. The maximum absolute atomic E-state index is 6.15. The van der Waals surface area contributed by atoms with Gasteiger partial charge in [0, 0.05) is 31.9 Å². The summed E-state index contributed by atoms with van der Waals surface area (Å²) in [7, 11) is 1.93. The van der Waals surface area contributed by atoms with E-state index in [0.29, 0.717) is 19.3 Å². The average molecular weight is 553 g/mol. The first kappa shape index (κ1) is 24.8. The molecule has 1 saturated carbocycles. The molecule has 1 saturated heterocycles. The van der Waals surface area contributed by atoms with Crippen molar-refractivity contribution in [1.82, 2.24) is 20.0 Å². The lowest BCUT2D eigenvalue weighted by atomic mass is 9.98. The molecule has 0 spiro atoms. The van der Waals surface area contributed by atoms with E-state index in [-0.39, 0.29) is 30.1 Å². The number of aliphatic imine (C=N–C) groups is 1. The van der Waals surface area contributed by atoms with E-state index in [1.165, 1.54) is 37.7 Å². The maximum atomic E-state index is 6.15. The zero-order valence-corrected chi connectivity index (χ0v) is 21.5. The minimum atomic E-state index is 0. The first-order chi connectivity index (χ1) is 15.2. The zero-order chi connectivity index (χ0) is 21.5. The van der Waals surface area contributed by atoms with Gasteiger partial charge < -0.3 is 19.7 Å². The summed E-state index contributed by atoms with van der Waals surface area (Å²) in [6.45, 7) is 5.86. The molecule has 1 N–H and O–H groups in total. The Balaban J connectivity index is 0.00000289. The number of hydrogen-bond donors (Lipinski definition) is 1. The summed E-state index contributed by atoms with van der Waals surface area (Å²) in [4.78, 5) is 7.18. The lowest BCUT2D eigenvalue weighted by Gasteiger charge is -2.34. The number of aromatic nitrogens is 2. The standard InChI is InChI=1S/C24H35N5O2.HI/c1-3-25-24(29-13-14-30-23(18-29)20-16-27-28(2)17-20)26-15-19-9-11-22(12-10-19)31-21-7-5-4-6-8-21;/h9-12,16-17,21,23H,3-8,13-15,18H2,1-2H3,(H,25,26);1H. The van der Waals surface area contributed by atoms with Crippen LogP contribution in [0, 0.1) is 0 Å². The fraction of sp³-hybridized carbons (Fsp3) is 0.583. The van der Waals surface area contributed by atoms with Crippen molar-refractivity contribution in [3.63, 3.8) is 0 Å². The van der Waals surface area contributed by atoms with Gasteiger partial charge >= 0.3 is 0 Å². The smallest absolute Gasteiger partial charge is 0.194 e. The first-order valence-corrected chi connectivity index (χ1v) is 11.6. The second-order valence-corrected chi connectivity index (χ2v) is 8.44. The molecule has 1 aliphatic carbocycles. The number of benzene rings is 1. The van der Waals surface area contributed by atoms with E-state index in [9.17, 15) is 0 Å². The highest BCUT2D eigenvalue weighted by atomic mass is 127. The molecule has 1 unspecified atom stereocenters. The van der Waals surface area contributed by atoms with Gasteiger partial charge in [-0.1, -0.05) is 18.6 Å². The van der Waals surface area contributed by atoms with Gasteiger partial charge in [0.1, 0.15) is 11.9 Å². The monoisotopic (exact) mass is 553 g/mol. The molecule has 4 rings (SSSR count). The van der Waals surface area contributed by atoms with Gasteiger partial charge in [-0.25, -0.2) is 4.99 Å². The molecular formula is C24H36IN5O2. The predicted octanol–water partition coefficient (Wildman–Crippen LogP) is 4.29. The third-order valence-electron chi connectivity index (χ3n) is 5.99. The molecule has 0 bridgehead atoms. The van der Waals surface area contributed by atoms with Crippen LogP contribution in [0.5, 0.6) is 5.75 Å². The second kappa shape index (κ2) is 12.4. The Morgan fingerprint density at radius 1 is 1.22 bits per heavy atom. The highest BCUT2D eigenvalue weighted by molar-refractivity contribution is 14.0. The maximum Gasteiger partial charge on any atom is 0.194 e. The van der Waals surface area contributed by atoms with Crippen molar-refractivity contribution >= 4 is 29.9 Å². The summed E-state index contributed by atoms with van der Waals surface area (Å²) < 4.78 is 13.9. The van der Waals surface area contributed by atoms with Crippen molar-refractivity contribution in [2.45, 2.75) is 57.8 Å². The van der Waals surface area contributed by atoms with Crippen molar-refractivity contribution in [2.24, 2.45) is 12.0 Å². The van der Waals surface area contributed by atoms with Gasteiger partial charge in [0.05, 0.1) is 32.0 Å². The van der Waals surface area contributed by atoms with Crippen molar-refractivity contribution in [3.05, 3.63) is 47.8 Å². The number of morpholine rings is 1. The van der Waals surface area contributed by atoms with Crippen LogP contribution in [0.25, 0.3) is 0 Å². The minimum Gasteiger partial charge on any atom is -0.490 e. The number of guanidine groups is 1. The summed E-state index contributed by atoms with van der Waals surface area (Å²) in [6, 6.07) is 8.42. The van der Waals surface area contributed by atoms with Gasteiger partial charge in [-0.05, 0) is 50.3 Å². The quantitative estimate of drug-likeness (QED) is 0.329. The van der Waals surface area contributed by atoms with Crippen LogP contribution in [0.1, 0.15) is 56.3 Å². The first-order valence-electron chi connectivity index (χ1n) is 11.6. The Kier molecular flexibility index (Phi) is 9.65. The topological polar surface area (TPSA) is 63.9 Å². The van der Waals surface area contributed by atoms with Gasteiger partial charge in [-0.3, -0.25) is 4.68 Å². The lowest BCUT2D eigenvalue weighted by molar-refractivity contribution is -0.00805. The summed E-state index contributed by atoms with van der Waals surface area (Å²) in [5.74, 6) is 1.90. The Morgan fingerprint density at radius 2 is 2.00 bits per heavy atom. The Bertz CT molecular complexity index is 848. The van der Waals surface area contributed by atoms with Gasteiger partial charge in [-0.2, -0.15) is 5.10 Å². The van der Waals surface area contributed by atoms with Gasteiger partial charge in [0.2, 0.25) is 0 Å². The van der Waals surface area contributed by atoms with Crippen LogP contribution in [0.3, 0.4) is 0 Å². The number of nitrogens with zero attached hydrogens (tertiary/aromatic N) is 4. The van der Waals surface area contributed by atoms with Crippen LogP contribution in [0.2, 0.25) is 0 Å². The predicted molar refractivity (Wildman–Crippen MR) is 138 cm³/mol. The summed E-state index contributed by atoms with van der Waals surface area (Å²) in [5.41, 5.74) is 2.29. The number of hydrogen-bond acceptors (Lipinski definition) is 4. The number of nitrogens with one attached hydrogen (secondary N) is 1. The molecule has 8 heteroatoms. The zero-order valence-electron chi connectivity index (χ0n) is 19.2. The molecule has 2 aromatic rings. The highest BCUT2D eigenvalue weighted by Gasteiger charge is 2.25. The molecule has 2 heterocycles. The molecule has 176 valence electrons. The molecule has 0 amide bonds. The van der Waals surface area contributed by atoms with E-state index < -0.39 is 0 Å². The van der Waals surface area contributed by atoms with Crippen LogP contribution in [-0.4, -0.2) is 53.0 Å². The fourth-order valence-electron chi connectivity index (χ4n) is 4.29. The number of aryl methyl sites for hydroxylation is 1. The van der Waals surface area contributed by atoms with E-state index in [2.05, 4.69) is 46.5 Å². The Morgan fingerprint density at radius 3 is 2.69 bits per heavy atom. The SMILES string of the molecule is CCNC(=NCc1ccc(OC2CCCCC2)cc1)N1CCOC(c2cnn(C)c2)C1.I. The van der Waals surface area contributed by atoms with Crippen molar-refractivity contribution in [1.29, 1.82) is 0 Å². The molecule has 1 aromatic carbocycles. The summed E-state index contributed by atoms with van der Waals surface area (Å²) >= 11 is 0. The van der Waals surface area contributed by atoms with Crippen LogP contribution < -0.4 is 10.1 Å². The van der Waals surface area contributed by atoms with E-state index in [1.807, 2.05) is 24.1 Å². The van der Waals surface area contributed by atoms with Gasteiger partial charge in [0.15, 0.2) is 5.96 Å². The largest absolute Gasteiger partial charge is 0.490 e. The average Bonchev–Trinajstić information content (AvgIpc) is 3.25. The Hall–Kier alpha value is -1.81. The highest BCUT2D eigenvalue weighted by Crippen LogP contribution is 2.24. The van der Waals surface area contributed by atoms with Crippen molar-refractivity contribution in [3.8, 4) is 5.75 Å². The molecule has 1 aromatic heterocycles. The van der Waals surface area contributed by atoms with Crippen molar-refractivity contribution < 1.29 is 9.47 Å². The summed E-state index contributed by atoms with van der Waals surface area (Å²) in [6.07, 6.45) is 10.6. The molecule has 1 atom stereocenters. The van der Waals surface area contributed by atoms with Crippen LogP contribution >= 0.6 is 24.0 Å². The third-order valence-corrected chi connectivity index (χ3v) is 5.99. The van der Waals surface area contributed by atoms with Crippen LogP contribution in [0.4, 0.5) is 0 Å². The van der Waals surface area contributed by atoms with Crippen LogP contribution in [-0.2, 0) is 18.3 Å². The van der Waals surface area contributed by atoms with E-state index >= 15 is 0 Å². The van der Waals surface area contributed by atoms with Crippen LogP contribution in [0.15, 0.2) is 41.7 Å². The number of ether oxygens (including phenoxy) is 2. The fourth-order valence-corrected chi connectivity index (χ4v) is 4.29. The minimum absolute atomic E-state index is 0. The molecule has 0 radical (unpaired) electrons. The second-order valence-electron chi connectivity index (χ2n) is 8.44.